The highest BCUT2D eigenvalue weighted by molar-refractivity contribution is 8.26. The number of carbonyl (C=O) groups is 1. The van der Waals surface area contributed by atoms with Gasteiger partial charge in [0, 0.05) is 0 Å². The van der Waals surface area contributed by atoms with Gasteiger partial charge in [0.05, 0.1) is 12.0 Å². The third kappa shape index (κ3) is 3.21. The molecule has 0 aromatic heterocycles. The zero-order chi connectivity index (χ0) is 15.5. The van der Waals surface area contributed by atoms with Crippen molar-refractivity contribution in [3.8, 4) is 16.9 Å². The molecule has 0 saturated carbocycles. The van der Waals surface area contributed by atoms with Crippen LogP contribution >= 0.6 is 24.0 Å². The topological polar surface area (TPSA) is 38.3 Å². The fourth-order valence-electron chi connectivity index (χ4n) is 2.15. The van der Waals surface area contributed by atoms with Gasteiger partial charge in [-0.15, -0.1) is 0 Å². The van der Waals surface area contributed by atoms with Gasteiger partial charge in [0.1, 0.15) is 10.1 Å². The maximum absolute atomic E-state index is 11.6. The van der Waals surface area contributed by atoms with Gasteiger partial charge in [0.2, 0.25) is 0 Å². The van der Waals surface area contributed by atoms with Crippen LogP contribution in [0, 0.1) is 0 Å². The van der Waals surface area contributed by atoms with Crippen LogP contribution in [0.4, 0.5) is 0 Å². The number of hydrogen-bond donors (Lipinski definition) is 1. The molecular weight excluding hydrogens is 314 g/mol. The second-order valence-electron chi connectivity index (χ2n) is 4.71. The molecule has 0 atom stereocenters. The van der Waals surface area contributed by atoms with E-state index in [1.165, 1.54) is 11.8 Å². The molecule has 1 N–H and O–H groups in total. The van der Waals surface area contributed by atoms with Crippen LogP contribution < -0.4 is 10.1 Å². The lowest BCUT2D eigenvalue weighted by Gasteiger charge is -2.05. The molecule has 0 radical (unpaired) electrons. The first-order valence-corrected chi connectivity index (χ1v) is 7.87. The molecule has 1 heterocycles. The molecule has 3 rings (SSSR count). The molecule has 1 aliphatic rings. The normalized spacial score (nSPS) is 16.0. The highest BCUT2D eigenvalue weighted by atomic mass is 32.2. The number of rotatable bonds is 3. The Balaban J connectivity index is 1.85. The maximum atomic E-state index is 11.6. The first kappa shape index (κ1) is 14.8. The van der Waals surface area contributed by atoms with Crippen LogP contribution in [-0.2, 0) is 4.79 Å². The summed E-state index contributed by atoms with van der Waals surface area (Å²) in [6.07, 6.45) is 1.84. The summed E-state index contributed by atoms with van der Waals surface area (Å²) in [5, 5.41) is 2.61. The zero-order valence-corrected chi connectivity index (χ0v) is 13.5. The minimum absolute atomic E-state index is 0.133. The fourth-order valence-corrected chi connectivity index (χ4v) is 3.19. The number of thioether (sulfide) groups is 1. The second-order valence-corrected chi connectivity index (χ2v) is 6.43. The van der Waals surface area contributed by atoms with Gasteiger partial charge in [-0.25, -0.2) is 0 Å². The van der Waals surface area contributed by atoms with Gasteiger partial charge in [-0.3, -0.25) is 4.79 Å². The van der Waals surface area contributed by atoms with Gasteiger partial charge in [-0.2, -0.15) is 0 Å². The van der Waals surface area contributed by atoms with Crippen LogP contribution in [0.3, 0.4) is 0 Å². The van der Waals surface area contributed by atoms with E-state index in [-0.39, 0.29) is 5.91 Å². The number of methoxy groups -OCH3 is 1. The molecule has 0 unspecified atom stereocenters. The van der Waals surface area contributed by atoms with E-state index >= 15 is 0 Å². The standard InChI is InChI=1S/C17H13NO2S2/c1-20-14-4-2-3-13(10-14)12-7-5-11(6-8-12)9-15-16(19)18-17(21)22-15/h2-10H,1H3,(H,18,19,21)/b15-9-. The van der Waals surface area contributed by atoms with Crippen molar-refractivity contribution >= 4 is 40.3 Å². The lowest BCUT2D eigenvalue weighted by atomic mass is 10.0. The Morgan fingerprint density at radius 1 is 1.14 bits per heavy atom. The fraction of sp³-hybridized carbons (Fsp3) is 0.0588. The van der Waals surface area contributed by atoms with E-state index in [4.69, 9.17) is 17.0 Å². The van der Waals surface area contributed by atoms with Crippen molar-refractivity contribution in [1.29, 1.82) is 0 Å². The van der Waals surface area contributed by atoms with Gasteiger partial charge >= 0.3 is 0 Å². The summed E-state index contributed by atoms with van der Waals surface area (Å²) < 4.78 is 5.75. The molecule has 0 bridgehead atoms. The monoisotopic (exact) mass is 327 g/mol. The number of ether oxygens (including phenoxy) is 1. The Hall–Kier alpha value is -2.11. The van der Waals surface area contributed by atoms with Crippen molar-refractivity contribution in [2.75, 3.05) is 7.11 Å². The van der Waals surface area contributed by atoms with Crippen molar-refractivity contribution in [3.05, 3.63) is 59.0 Å². The predicted octanol–water partition coefficient (Wildman–Crippen LogP) is 3.85. The molecule has 1 saturated heterocycles. The molecule has 5 heteroatoms. The number of nitrogens with one attached hydrogen (secondary N) is 1. The SMILES string of the molecule is COc1cccc(-c2ccc(/C=C3\SC(=S)NC3=O)cc2)c1. The van der Waals surface area contributed by atoms with E-state index in [0.29, 0.717) is 9.23 Å². The summed E-state index contributed by atoms with van der Waals surface area (Å²) in [4.78, 5) is 12.3. The van der Waals surface area contributed by atoms with Crippen LogP contribution in [0.15, 0.2) is 53.4 Å². The van der Waals surface area contributed by atoms with Crippen LogP contribution in [0.5, 0.6) is 5.75 Å². The van der Waals surface area contributed by atoms with Gasteiger partial charge in [0.15, 0.2) is 0 Å². The minimum atomic E-state index is -0.133. The van der Waals surface area contributed by atoms with Crippen LogP contribution in [0.25, 0.3) is 17.2 Å². The number of benzene rings is 2. The quantitative estimate of drug-likeness (QED) is 0.686. The largest absolute Gasteiger partial charge is 0.497 e. The number of hydrogen-bond acceptors (Lipinski definition) is 4. The van der Waals surface area contributed by atoms with E-state index in [1.807, 2.05) is 54.6 Å². The lowest BCUT2D eigenvalue weighted by molar-refractivity contribution is -0.115. The van der Waals surface area contributed by atoms with Gasteiger partial charge in [0.25, 0.3) is 5.91 Å². The number of amides is 1. The van der Waals surface area contributed by atoms with Crippen LogP contribution in [-0.4, -0.2) is 17.3 Å². The molecule has 0 aliphatic carbocycles. The Morgan fingerprint density at radius 2 is 1.91 bits per heavy atom. The van der Waals surface area contributed by atoms with Crippen LogP contribution in [0.1, 0.15) is 5.56 Å². The average molecular weight is 327 g/mol. The number of carbonyl (C=O) groups excluding carboxylic acids is 1. The Labute approximate surface area is 138 Å². The van der Waals surface area contributed by atoms with E-state index in [0.717, 1.165) is 22.4 Å². The van der Waals surface area contributed by atoms with Gasteiger partial charge in [-0.1, -0.05) is 60.4 Å². The van der Waals surface area contributed by atoms with Crippen molar-refractivity contribution in [3.63, 3.8) is 0 Å². The summed E-state index contributed by atoms with van der Waals surface area (Å²) in [7, 11) is 1.66. The molecule has 3 nitrogen and oxygen atoms in total. The molecule has 22 heavy (non-hydrogen) atoms. The Morgan fingerprint density at radius 3 is 2.55 bits per heavy atom. The van der Waals surface area contributed by atoms with Gasteiger partial charge in [-0.05, 0) is 34.9 Å². The summed E-state index contributed by atoms with van der Waals surface area (Å²) >= 11 is 6.27. The Kier molecular flexibility index (Phi) is 4.27. The maximum Gasteiger partial charge on any atom is 0.263 e. The first-order chi connectivity index (χ1) is 10.7. The summed E-state index contributed by atoms with van der Waals surface area (Å²) in [6.45, 7) is 0. The third-order valence-electron chi connectivity index (χ3n) is 3.25. The second kappa shape index (κ2) is 6.34. The first-order valence-electron chi connectivity index (χ1n) is 6.65. The highest BCUT2D eigenvalue weighted by Gasteiger charge is 2.21. The van der Waals surface area contributed by atoms with E-state index in [1.54, 1.807) is 7.11 Å². The smallest absolute Gasteiger partial charge is 0.263 e. The van der Waals surface area contributed by atoms with Crippen molar-refractivity contribution in [2.24, 2.45) is 0 Å². The summed E-state index contributed by atoms with van der Waals surface area (Å²) in [5.74, 6) is 0.697. The molecule has 2 aromatic carbocycles. The van der Waals surface area contributed by atoms with Crippen molar-refractivity contribution in [2.45, 2.75) is 0 Å². The summed E-state index contributed by atoms with van der Waals surface area (Å²) in [6, 6.07) is 15.9. The third-order valence-corrected chi connectivity index (χ3v) is 4.42. The van der Waals surface area contributed by atoms with Crippen molar-refractivity contribution in [1.82, 2.24) is 5.32 Å². The van der Waals surface area contributed by atoms with E-state index in [2.05, 4.69) is 5.32 Å². The van der Waals surface area contributed by atoms with Gasteiger partial charge < -0.3 is 10.1 Å². The molecule has 110 valence electrons. The number of thiocarbonyl (C=S) groups is 1. The molecule has 1 fully saturated rings. The lowest BCUT2D eigenvalue weighted by Crippen LogP contribution is -2.17. The molecular formula is C17H13NO2S2. The predicted molar refractivity (Wildman–Crippen MR) is 94.7 cm³/mol. The van der Waals surface area contributed by atoms with E-state index in [9.17, 15) is 4.79 Å². The van der Waals surface area contributed by atoms with Crippen LogP contribution in [0.2, 0.25) is 0 Å². The van der Waals surface area contributed by atoms with Crippen molar-refractivity contribution < 1.29 is 9.53 Å². The molecule has 2 aromatic rings. The highest BCUT2D eigenvalue weighted by Crippen LogP contribution is 2.28. The van der Waals surface area contributed by atoms with E-state index < -0.39 is 0 Å². The zero-order valence-electron chi connectivity index (χ0n) is 11.8. The molecule has 0 spiro atoms. The Bertz CT molecular complexity index is 766. The minimum Gasteiger partial charge on any atom is -0.497 e. The summed E-state index contributed by atoms with van der Waals surface area (Å²) in [5.41, 5.74) is 3.15. The average Bonchev–Trinajstić information content (AvgIpc) is 2.86. The molecule has 1 amide bonds. The molecule has 1 aliphatic heterocycles.